The maximum atomic E-state index is 12.5. The van der Waals surface area contributed by atoms with Crippen LogP contribution in [-0.2, 0) is 14.4 Å². The van der Waals surface area contributed by atoms with Gasteiger partial charge in [0, 0.05) is 11.8 Å². The molecule has 0 N–H and O–H groups in total. The first kappa shape index (κ1) is 18.4. The number of amides is 2. The van der Waals surface area contributed by atoms with E-state index in [4.69, 9.17) is 7.85 Å². The van der Waals surface area contributed by atoms with Crippen molar-refractivity contribution in [2.24, 2.45) is 17.3 Å². The van der Waals surface area contributed by atoms with E-state index in [0.717, 1.165) is 5.56 Å². The van der Waals surface area contributed by atoms with Crippen LogP contribution in [0.1, 0.15) is 52.5 Å². The normalized spacial score (nSPS) is 19.9. The van der Waals surface area contributed by atoms with Crippen LogP contribution in [0.25, 0.3) is 0 Å². The van der Waals surface area contributed by atoms with Gasteiger partial charge in [-0.25, -0.2) is 0 Å². The lowest BCUT2D eigenvalue weighted by atomic mass is 9.67. The fraction of sp³-hybridized carbons (Fsp3) is 0.526. The molecule has 1 aromatic carbocycles. The second-order valence-corrected chi connectivity index (χ2v) is 7.52. The van der Waals surface area contributed by atoms with E-state index in [-0.39, 0.29) is 41.7 Å². The number of benzene rings is 1. The largest absolute Gasteiger partial charge is 0.312 e. The predicted molar refractivity (Wildman–Crippen MR) is 94.8 cm³/mol. The maximum absolute atomic E-state index is 12.5. The molecular weight excluding hydrogens is 301 g/mol. The number of hydrogen-bond donors (Lipinski definition) is 0. The number of anilines is 1. The van der Waals surface area contributed by atoms with Gasteiger partial charge in [0.2, 0.25) is 11.8 Å². The molecule has 4 nitrogen and oxygen atoms in total. The smallest absolute Gasteiger partial charge is 0.237 e. The first-order valence-electron chi connectivity index (χ1n) is 8.34. The summed E-state index contributed by atoms with van der Waals surface area (Å²) < 4.78 is 0. The molecule has 1 aromatic rings. The zero-order chi connectivity index (χ0) is 18.2. The van der Waals surface area contributed by atoms with Crippen LogP contribution in [-0.4, -0.2) is 25.3 Å². The molecular formula is C19H24BNO3. The Balaban J connectivity index is 2.26. The lowest BCUT2D eigenvalue weighted by molar-refractivity contribution is -0.123. The lowest BCUT2D eigenvalue weighted by Gasteiger charge is -2.30. The van der Waals surface area contributed by atoms with Gasteiger partial charge in [-0.05, 0) is 29.5 Å². The molecule has 1 aliphatic rings. The molecule has 1 heterocycles. The SMILES string of the molecule is [B]C(=O)C(C)(C)C(C)c1ccc(N2C(=O)CC(C(C)C)C2=O)cc1. The fourth-order valence-corrected chi connectivity index (χ4v) is 2.99. The summed E-state index contributed by atoms with van der Waals surface area (Å²) in [4.78, 5) is 37.6. The minimum atomic E-state index is -0.677. The summed E-state index contributed by atoms with van der Waals surface area (Å²) >= 11 is 0. The molecule has 2 atom stereocenters. The Morgan fingerprint density at radius 1 is 1.17 bits per heavy atom. The van der Waals surface area contributed by atoms with E-state index in [2.05, 4.69) is 0 Å². The first-order valence-corrected chi connectivity index (χ1v) is 8.34. The van der Waals surface area contributed by atoms with Gasteiger partial charge in [-0.1, -0.05) is 46.8 Å². The highest BCUT2D eigenvalue weighted by molar-refractivity contribution is 6.59. The quantitative estimate of drug-likeness (QED) is 0.618. The summed E-state index contributed by atoms with van der Waals surface area (Å²) in [6.07, 6.45) is 0.267. The van der Waals surface area contributed by atoms with Crippen molar-refractivity contribution in [2.75, 3.05) is 4.90 Å². The third-order valence-electron chi connectivity index (χ3n) is 5.36. The van der Waals surface area contributed by atoms with Gasteiger partial charge in [0.15, 0.2) is 7.85 Å². The third kappa shape index (κ3) is 3.17. The van der Waals surface area contributed by atoms with Gasteiger partial charge in [0.1, 0.15) is 0 Å². The van der Waals surface area contributed by atoms with Crippen LogP contribution in [0.3, 0.4) is 0 Å². The molecule has 126 valence electrons. The molecule has 2 rings (SSSR count). The average Bonchev–Trinajstić information content (AvgIpc) is 2.81. The summed E-state index contributed by atoms with van der Waals surface area (Å²) in [5.74, 6) is -0.463. The number of hydrogen-bond acceptors (Lipinski definition) is 3. The summed E-state index contributed by atoms with van der Waals surface area (Å²) in [6.45, 7) is 9.48. The number of rotatable bonds is 5. The van der Waals surface area contributed by atoms with Crippen molar-refractivity contribution in [2.45, 2.75) is 47.0 Å². The lowest BCUT2D eigenvalue weighted by Crippen LogP contribution is -2.32. The van der Waals surface area contributed by atoms with Crippen LogP contribution in [0, 0.1) is 17.3 Å². The molecule has 24 heavy (non-hydrogen) atoms. The Bertz CT molecular complexity index is 664. The molecule has 0 spiro atoms. The Morgan fingerprint density at radius 3 is 2.12 bits per heavy atom. The van der Waals surface area contributed by atoms with Crippen molar-refractivity contribution in [3.63, 3.8) is 0 Å². The minimum absolute atomic E-state index is 0.0718. The van der Waals surface area contributed by atoms with Gasteiger partial charge in [-0.3, -0.25) is 14.5 Å². The van der Waals surface area contributed by atoms with Crippen molar-refractivity contribution in [1.29, 1.82) is 0 Å². The van der Waals surface area contributed by atoms with Crippen LogP contribution in [0.2, 0.25) is 0 Å². The number of carbonyl (C=O) groups excluding carboxylic acids is 3. The minimum Gasteiger partial charge on any atom is -0.312 e. The average molecular weight is 325 g/mol. The summed E-state index contributed by atoms with van der Waals surface area (Å²) in [6, 6.07) is 7.24. The monoisotopic (exact) mass is 325 g/mol. The Morgan fingerprint density at radius 2 is 1.71 bits per heavy atom. The third-order valence-corrected chi connectivity index (χ3v) is 5.36. The van der Waals surface area contributed by atoms with E-state index in [1.807, 2.05) is 46.8 Å². The molecule has 0 bridgehead atoms. The van der Waals surface area contributed by atoms with Gasteiger partial charge in [0.25, 0.3) is 0 Å². The van der Waals surface area contributed by atoms with Gasteiger partial charge < -0.3 is 4.79 Å². The maximum Gasteiger partial charge on any atom is 0.237 e. The van der Waals surface area contributed by atoms with Crippen molar-refractivity contribution in [3.05, 3.63) is 29.8 Å². The number of nitrogens with zero attached hydrogens (tertiary/aromatic N) is 1. The van der Waals surface area contributed by atoms with E-state index in [9.17, 15) is 14.4 Å². The number of carbonyl (C=O) groups is 3. The molecule has 2 radical (unpaired) electrons. The Hall–Kier alpha value is -1.91. The van der Waals surface area contributed by atoms with Crippen molar-refractivity contribution >= 4 is 31.0 Å². The highest BCUT2D eigenvalue weighted by Gasteiger charge is 2.41. The molecule has 5 heteroatoms. The molecule has 2 unspecified atom stereocenters. The summed E-state index contributed by atoms with van der Waals surface area (Å²) in [5.41, 5.74) is 0.496. The van der Waals surface area contributed by atoms with Crippen molar-refractivity contribution in [3.8, 4) is 0 Å². The van der Waals surface area contributed by atoms with Crippen LogP contribution in [0.4, 0.5) is 5.69 Å². The highest BCUT2D eigenvalue weighted by Crippen LogP contribution is 2.37. The molecule has 0 aromatic heterocycles. The Labute approximate surface area is 145 Å². The summed E-state index contributed by atoms with van der Waals surface area (Å²) in [5, 5.41) is 0. The molecule has 0 saturated carbocycles. The van der Waals surface area contributed by atoms with Crippen molar-refractivity contribution < 1.29 is 14.4 Å². The molecule has 1 fully saturated rings. The van der Waals surface area contributed by atoms with E-state index in [0.29, 0.717) is 5.69 Å². The van der Waals surface area contributed by atoms with Gasteiger partial charge in [-0.15, -0.1) is 0 Å². The van der Waals surface area contributed by atoms with Crippen LogP contribution >= 0.6 is 0 Å². The van der Waals surface area contributed by atoms with E-state index < -0.39 is 5.41 Å². The van der Waals surface area contributed by atoms with Gasteiger partial charge in [0.05, 0.1) is 17.3 Å². The van der Waals surface area contributed by atoms with Crippen LogP contribution in [0.5, 0.6) is 0 Å². The molecule has 1 aliphatic heterocycles. The zero-order valence-electron chi connectivity index (χ0n) is 15.0. The second-order valence-electron chi connectivity index (χ2n) is 7.52. The van der Waals surface area contributed by atoms with Gasteiger partial charge >= 0.3 is 0 Å². The highest BCUT2D eigenvalue weighted by atomic mass is 16.2. The summed E-state index contributed by atoms with van der Waals surface area (Å²) in [7, 11) is 5.48. The van der Waals surface area contributed by atoms with E-state index in [1.165, 1.54) is 4.90 Å². The number of imide groups is 1. The standard InChI is InChI=1S/C19H24BNO3/c1-11(2)15-10-16(22)21(17(15)23)14-8-6-13(7-9-14)12(3)19(4,5)18(20)24/h6-9,11-12,15H,10H2,1-5H3. The first-order chi connectivity index (χ1) is 11.1. The van der Waals surface area contributed by atoms with E-state index >= 15 is 0 Å². The molecule has 2 amide bonds. The van der Waals surface area contributed by atoms with Crippen LogP contribution in [0.15, 0.2) is 24.3 Å². The molecule has 1 saturated heterocycles. The zero-order valence-corrected chi connectivity index (χ0v) is 15.0. The topological polar surface area (TPSA) is 54.5 Å². The van der Waals surface area contributed by atoms with E-state index in [1.54, 1.807) is 12.1 Å². The molecule has 0 aliphatic carbocycles. The Kier molecular flexibility index (Phi) is 5.02. The predicted octanol–water partition coefficient (Wildman–Crippen LogP) is 3.05. The van der Waals surface area contributed by atoms with Crippen LogP contribution < -0.4 is 4.90 Å². The van der Waals surface area contributed by atoms with Gasteiger partial charge in [-0.2, -0.15) is 0 Å². The second kappa shape index (κ2) is 6.54. The fourth-order valence-electron chi connectivity index (χ4n) is 2.99. The van der Waals surface area contributed by atoms with Crippen molar-refractivity contribution in [1.82, 2.24) is 0 Å².